The quantitative estimate of drug-likeness (QED) is 0.909. The molecule has 1 aliphatic carbocycles. The predicted molar refractivity (Wildman–Crippen MR) is 93.4 cm³/mol. The molecule has 3 rings (SSSR count). The molecular formula is C19H24N2O4. The third-order valence-electron chi connectivity index (χ3n) is 5.05. The number of hydrogen-bond donors (Lipinski definition) is 1. The van der Waals surface area contributed by atoms with Gasteiger partial charge in [0.2, 0.25) is 5.91 Å². The van der Waals surface area contributed by atoms with E-state index in [1.807, 2.05) is 13.0 Å². The first-order valence-corrected chi connectivity index (χ1v) is 8.77. The van der Waals surface area contributed by atoms with Crippen LogP contribution in [0.15, 0.2) is 24.3 Å². The Morgan fingerprint density at radius 1 is 1.12 bits per heavy atom. The van der Waals surface area contributed by atoms with Gasteiger partial charge in [-0.2, -0.15) is 0 Å². The van der Waals surface area contributed by atoms with Crippen molar-refractivity contribution in [2.24, 2.45) is 17.8 Å². The summed E-state index contributed by atoms with van der Waals surface area (Å²) < 4.78 is 0. The van der Waals surface area contributed by atoms with Crippen LogP contribution in [0.3, 0.4) is 0 Å². The number of likely N-dealkylation sites (tertiary alicyclic amines) is 1. The Hall–Kier alpha value is -2.37. The Morgan fingerprint density at radius 3 is 2.44 bits per heavy atom. The lowest BCUT2D eigenvalue weighted by Gasteiger charge is -2.35. The van der Waals surface area contributed by atoms with Gasteiger partial charge in [0, 0.05) is 26.1 Å². The van der Waals surface area contributed by atoms with Crippen molar-refractivity contribution in [1.82, 2.24) is 4.90 Å². The summed E-state index contributed by atoms with van der Waals surface area (Å²) in [6, 6.07) is 7.06. The number of carbonyl (C=O) groups excluding carboxylic acids is 2. The van der Waals surface area contributed by atoms with E-state index in [9.17, 15) is 19.5 Å². The van der Waals surface area contributed by atoms with Crippen molar-refractivity contribution in [3.8, 4) is 0 Å². The van der Waals surface area contributed by atoms with Gasteiger partial charge in [-0.3, -0.25) is 14.4 Å². The second-order valence-electron chi connectivity index (χ2n) is 7.27. The van der Waals surface area contributed by atoms with Crippen LogP contribution in [0.1, 0.15) is 36.5 Å². The number of nitrogens with zero attached hydrogens (tertiary/aromatic N) is 2. The van der Waals surface area contributed by atoms with Crippen molar-refractivity contribution in [1.29, 1.82) is 0 Å². The maximum atomic E-state index is 13.0. The van der Waals surface area contributed by atoms with Crippen LogP contribution in [-0.4, -0.2) is 47.9 Å². The lowest BCUT2D eigenvalue weighted by Crippen LogP contribution is -2.46. The van der Waals surface area contributed by atoms with Crippen LogP contribution in [0.5, 0.6) is 0 Å². The molecule has 0 bridgehead atoms. The highest BCUT2D eigenvalue weighted by Crippen LogP contribution is 2.33. The van der Waals surface area contributed by atoms with Crippen molar-refractivity contribution >= 4 is 23.5 Å². The summed E-state index contributed by atoms with van der Waals surface area (Å²) >= 11 is 0. The highest BCUT2D eigenvalue weighted by Gasteiger charge is 2.36. The van der Waals surface area contributed by atoms with E-state index in [2.05, 4.69) is 0 Å². The molecular weight excluding hydrogens is 320 g/mol. The number of para-hydroxylation sites is 1. The van der Waals surface area contributed by atoms with Gasteiger partial charge in [0.25, 0.3) is 5.91 Å². The molecule has 0 spiro atoms. The van der Waals surface area contributed by atoms with Crippen LogP contribution in [0, 0.1) is 17.8 Å². The summed E-state index contributed by atoms with van der Waals surface area (Å²) in [6.45, 7) is 2.72. The zero-order valence-corrected chi connectivity index (χ0v) is 14.6. The van der Waals surface area contributed by atoms with E-state index in [0.717, 1.165) is 12.8 Å². The van der Waals surface area contributed by atoms with Crippen molar-refractivity contribution in [2.45, 2.75) is 26.2 Å². The molecule has 1 saturated carbocycles. The largest absolute Gasteiger partial charge is 0.481 e. The molecule has 2 amide bonds. The lowest BCUT2D eigenvalue weighted by molar-refractivity contribution is -0.143. The fourth-order valence-corrected chi connectivity index (χ4v) is 3.54. The molecule has 1 N–H and O–H groups in total. The van der Waals surface area contributed by atoms with E-state index in [0.29, 0.717) is 24.2 Å². The molecule has 2 fully saturated rings. The molecule has 134 valence electrons. The lowest BCUT2D eigenvalue weighted by atomic mass is 9.90. The molecule has 1 saturated heterocycles. The highest BCUT2D eigenvalue weighted by atomic mass is 16.4. The molecule has 2 aliphatic rings. The van der Waals surface area contributed by atoms with Crippen molar-refractivity contribution in [3.05, 3.63) is 29.8 Å². The summed E-state index contributed by atoms with van der Waals surface area (Å²) in [4.78, 5) is 40.0. The number of carbonyl (C=O) groups is 3. The Labute approximate surface area is 147 Å². The van der Waals surface area contributed by atoms with E-state index in [1.165, 1.54) is 0 Å². The fraction of sp³-hybridized carbons (Fsp3) is 0.526. The number of aliphatic carboxylic acids is 1. The van der Waals surface area contributed by atoms with Gasteiger partial charge in [-0.1, -0.05) is 19.1 Å². The second kappa shape index (κ2) is 6.86. The Balaban J connectivity index is 1.84. The highest BCUT2D eigenvalue weighted by molar-refractivity contribution is 6.05. The number of benzene rings is 1. The average molecular weight is 344 g/mol. The molecule has 1 aromatic rings. The van der Waals surface area contributed by atoms with Crippen molar-refractivity contribution in [2.75, 3.05) is 25.0 Å². The Bertz CT molecular complexity index is 698. The van der Waals surface area contributed by atoms with Gasteiger partial charge in [-0.05, 0) is 37.3 Å². The van der Waals surface area contributed by atoms with Gasteiger partial charge in [-0.15, -0.1) is 0 Å². The molecule has 2 atom stereocenters. The van der Waals surface area contributed by atoms with E-state index < -0.39 is 11.9 Å². The number of piperidine rings is 1. The normalized spacial score (nSPS) is 23.2. The van der Waals surface area contributed by atoms with Crippen LogP contribution >= 0.6 is 0 Å². The molecule has 1 aliphatic heterocycles. The smallest absolute Gasteiger partial charge is 0.308 e. The summed E-state index contributed by atoms with van der Waals surface area (Å²) in [7, 11) is 1.70. The maximum Gasteiger partial charge on any atom is 0.308 e. The summed E-state index contributed by atoms with van der Waals surface area (Å²) in [5, 5.41) is 9.32. The SMILES string of the molecule is CC1CC(C(=O)O)CN(C(=O)c2ccccc2N(C)C(=O)C2CC2)C1. The maximum absolute atomic E-state index is 13.0. The monoisotopic (exact) mass is 344 g/mol. The van der Waals surface area contributed by atoms with E-state index in [4.69, 9.17) is 0 Å². The second-order valence-corrected chi connectivity index (χ2v) is 7.27. The summed E-state index contributed by atoms with van der Waals surface area (Å²) in [5.74, 6) is -1.36. The molecule has 1 heterocycles. The number of hydrogen-bond acceptors (Lipinski definition) is 3. The van der Waals surface area contributed by atoms with Crippen molar-refractivity contribution in [3.63, 3.8) is 0 Å². The standard InChI is InChI=1S/C19H24N2O4/c1-12-9-14(19(24)25)11-21(10-12)18(23)15-5-3-4-6-16(15)20(2)17(22)13-7-8-13/h3-6,12-14H,7-11H2,1-2H3,(H,24,25). The molecule has 25 heavy (non-hydrogen) atoms. The zero-order valence-electron chi connectivity index (χ0n) is 14.6. The number of rotatable bonds is 4. The van der Waals surface area contributed by atoms with E-state index in [-0.39, 0.29) is 30.2 Å². The zero-order chi connectivity index (χ0) is 18.1. The minimum atomic E-state index is -0.862. The van der Waals surface area contributed by atoms with Crippen LogP contribution in [0.2, 0.25) is 0 Å². The minimum absolute atomic E-state index is 0.0377. The van der Waals surface area contributed by atoms with Crippen LogP contribution < -0.4 is 4.90 Å². The summed E-state index contributed by atoms with van der Waals surface area (Å²) in [5.41, 5.74) is 1.05. The van der Waals surface area contributed by atoms with Gasteiger partial charge in [0.05, 0.1) is 17.2 Å². The molecule has 0 aromatic heterocycles. The minimum Gasteiger partial charge on any atom is -0.481 e. The predicted octanol–water partition coefficient (Wildman–Crippen LogP) is 2.24. The van der Waals surface area contributed by atoms with Gasteiger partial charge in [0.15, 0.2) is 0 Å². The topological polar surface area (TPSA) is 77.9 Å². The molecule has 2 unspecified atom stereocenters. The first-order chi connectivity index (χ1) is 11.9. The van der Waals surface area contributed by atoms with Gasteiger partial charge < -0.3 is 14.9 Å². The van der Waals surface area contributed by atoms with Crippen molar-refractivity contribution < 1.29 is 19.5 Å². The molecule has 6 nitrogen and oxygen atoms in total. The fourth-order valence-electron chi connectivity index (χ4n) is 3.54. The van der Waals surface area contributed by atoms with E-state index >= 15 is 0 Å². The molecule has 6 heteroatoms. The summed E-state index contributed by atoms with van der Waals surface area (Å²) in [6.07, 6.45) is 2.40. The number of amides is 2. The number of anilines is 1. The van der Waals surface area contributed by atoms with Gasteiger partial charge in [-0.25, -0.2) is 0 Å². The molecule has 0 radical (unpaired) electrons. The van der Waals surface area contributed by atoms with Crippen LogP contribution in [0.4, 0.5) is 5.69 Å². The van der Waals surface area contributed by atoms with Gasteiger partial charge >= 0.3 is 5.97 Å². The third kappa shape index (κ3) is 3.67. The number of carboxylic acids is 1. The van der Waals surface area contributed by atoms with Crippen LogP contribution in [-0.2, 0) is 9.59 Å². The molecule has 1 aromatic carbocycles. The number of carboxylic acid groups (broad SMARTS) is 1. The first-order valence-electron chi connectivity index (χ1n) is 8.77. The van der Waals surface area contributed by atoms with Crippen LogP contribution in [0.25, 0.3) is 0 Å². The average Bonchev–Trinajstić information content (AvgIpc) is 3.44. The Kier molecular flexibility index (Phi) is 4.79. The first kappa shape index (κ1) is 17.5. The van der Waals surface area contributed by atoms with E-state index in [1.54, 1.807) is 35.0 Å². The third-order valence-corrected chi connectivity index (χ3v) is 5.05. The Morgan fingerprint density at radius 2 is 1.80 bits per heavy atom. The van der Waals surface area contributed by atoms with Gasteiger partial charge in [0.1, 0.15) is 0 Å².